The van der Waals surface area contributed by atoms with Crippen LogP contribution in [0, 0.1) is 5.41 Å². The molecule has 0 aromatic heterocycles. The van der Waals surface area contributed by atoms with E-state index in [1.807, 2.05) is 0 Å². The van der Waals surface area contributed by atoms with E-state index < -0.39 is 17.4 Å². The van der Waals surface area contributed by atoms with Crippen LogP contribution in [0.25, 0.3) is 0 Å². The molecule has 0 spiro atoms. The molecule has 0 rings (SSSR count). The monoisotopic (exact) mass is 160 g/mol. The van der Waals surface area contributed by atoms with Gasteiger partial charge < -0.3 is 10.2 Å². The van der Waals surface area contributed by atoms with Crippen LogP contribution < -0.4 is 0 Å². The molecular weight excluding hydrogens is 148 g/mol. The molecule has 0 aliphatic carbocycles. The van der Waals surface area contributed by atoms with Crippen LogP contribution in [0.2, 0.25) is 0 Å². The van der Waals surface area contributed by atoms with E-state index in [2.05, 4.69) is 0 Å². The predicted octanol–water partition coefficient (Wildman–Crippen LogP) is 0.962. The van der Waals surface area contributed by atoms with Gasteiger partial charge in [-0.1, -0.05) is 13.3 Å². The summed E-state index contributed by atoms with van der Waals surface area (Å²) in [4.78, 5) is 20.9. The molecule has 0 aromatic rings. The first kappa shape index (κ1) is 9.94. The van der Waals surface area contributed by atoms with Crippen molar-refractivity contribution in [1.82, 2.24) is 0 Å². The van der Waals surface area contributed by atoms with Gasteiger partial charge in [0.15, 0.2) is 5.41 Å². The van der Waals surface area contributed by atoms with E-state index in [9.17, 15) is 9.59 Å². The Morgan fingerprint density at radius 1 is 1.27 bits per heavy atom. The second-order valence-electron chi connectivity index (χ2n) is 2.69. The zero-order chi connectivity index (χ0) is 9.07. The van der Waals surface area contributed by atoms with Gasteiger partial charge in [-0.25, -0.2) is 0 Å². The normalized spacial score (nSPS) is 11.1. The fraction of sp³-hybridized carbons (Fsp3) is 0.714. The second-order valence-corrected chi connectivity index (χ2v) is 2.69. The minimum absolute atomic E-state index is 0.164. The van der Waals surface area contributed by atoms with Crippen LogP contribution in [-0.2, 0) is 9.59 Å². The van der Waals surface area contributed by atoms with Crippen molar-refractivity contribution in [3.05, 3.63) is 0 Å². The van der Waals surface area contributed by atoms with Crippen LogP contribution in [0.1, 0.15) is 26.7 Å². The van der Waals surface area contributed by atoms with E-state index >= 15 is 0 Å². The fourth-order valence-corrected chi connectivity index (χ4v) is 0.805. The molecular formula is C7H12O4. The first-order valence-corrected chi connectivity index (χ1v) is 3.42. The molecule has 0 bridgehead atoms. The first-order chi connectivity index (χ1) is 4.95. The Hall–Kier alpha value is -1.06. The largest absolute Gasteiger partial charge is 0.480 e. The van der Waals surface area contributed by atoms with Gasteiger partial charge in [-0.2, -0.15) is 0 Å². The zero-order valence-electron chi connectivity index (χ0n) is 6.63. The van der Waals surface area contributed by atoms with Gasteiger partial charge in [0.2, 0.25) is 0 Å². The summed E-state index contributed by atoms with van der Waals surface area (Å²) in [6.45, 7) is 2.98. The molecule has 0 aliphatic heterocycles. The summed E-state index contributed by atoms with van der Waals surface area (Å²) in [6.07, 6.45) is 0.715. The third kappa shape index (κ3) is 1.93. The fourth-order valence-electron chi connectivity index (χ4n) is 0.805. The third-order valence-electron chi connectivity index (χ3n) is 1.69. The molecule has 0 saturated carbocycles. The van der Waals surface area contributed by atoms with E-state index in [1.165, 1.54) is 6.92 Å². The van der Waals surface area contributed by atoms with Crippen molar-refractivity contribution in [2.45, 2.75) is 26.7 Å². The van der Waals surface area contributed by atoms with E-state index in [1.54, 1.807) is 6.92 Å². The average Bonchev–Trinajstić information content (AvgIpc) is 1.87. The highest BCUT2D eigenvalue weighted by Crippen LogP contribution is 2.23. The summed E-state index contributed by atoms with van der Waals surface area (Å²) in [5.41, 5.74) is -1.62. The van der Waals surface area contributed by atoms with Crippen molar-refractivity contribution in [2.75, 3.05) is 0 Å². The van der Waals surface area contributed by atoms with Gasteiger partial charge in [0.05, 0.1) is 0 Å². The summed E-state index contributed by atoms with van der Waals surface area (Å²) in [5.74, 6) is -2.54. The highest BCUT2D eigenvalue weighted by atomic mass is 16.4. The molecule has 0 atom stereocenters. The van der Waals surface area contributed by atoms with Crippen LogP contribution in [0.5, 0.6) is 0 Å². The molecule has 64 valence electrons. The first-order valence-electron chi connectivity index (χ1n) is 3.42. The maximum absolute atomic E-state index is 10.5. The Morgan fingerprint density at radius 2 is 1.64 bits per heavy atom. The van der Waals surface area contributed by atoms with Gasteiger partial charge in [-0.3, -0.25) is 9.59 Å². The van der Waals surface area contributed by atoms with Crippen molar-refractivity contribution >= 4 is 11.9 Å². The van der Waals surface area contributed by atoms with Gasteiger partial charge in [0, 0.05) is 0 Å². The summed E-state index contributed by atoms with van der Waals surface area (Å²) < 4.78 is 0. The topological polar surface area (TPSA) is 74.6 Å². The standard InChI is InChI=1S/C7H12O4/c1-3-4-7(2,5(8)9)6(10)11/h3-4H2,1-2H3,(H,8,9)(H,10,11). The maximum Gasteiger partial charge on any atom is 0.320 e. The van der Waals surface area contributed by atoms with Gasteiger partial charge in [-0.15, -0.1) is 0 Å². The highest BCUT2D eigenvalue weighted by molar-refractivity contribution is 5.97. The summed E-state index contributed by atoms with van der Waals surface area (Å²) >= 11 is 0. The minimum atomic E-state index is -1.62. The van der Waals surface area contributed by atoms with Crippen LogP contribution >= 0.6 is 0 Å². The predicted molar refractivity (Wildman–Crippen MR) is 38.3 cm³/mol. The smallest absolute Gasteiger partial charge is 0.320 e. The van der Waals surface area contributed by atoms with Crippen LogP contribution in [0.15, 0.2) is 0 Å². The van der Waals surface area contributed by atoms with Gasteiger partial charge in [0.1, 0.15) is 0 Å². The highest BCUT2D eigenvalue weighted by Gasteiger charge is 2.40. The summed E-state index contributed by atoms with van der Waals surface area (Å²) in [7, 11) is 0. The average molecular weight is 160 g/mol. The molecule has 2 N–H and O–H groups in total. The Balaban J connectivity index is 4.52. The van der Waals surface area contributed by atoms with Crippen molar-refractivity contribution < 1.29 is 19.8 Å². The van der Waals surface area contributed by atoms with Gasteiger partial charge >= 0.3 is 11.9 Å². The Bertz CT molecular complexity index is 159. The molecule has 4 nitrogen and oxygen atoms in total. The lowest BCUT2D eigenvalue weighted by atomic mass is 9.86. The Morgan fingerprint density at radius 3 is 1.73 bits per heavy atom. The quantitative estimate of drug-likeness (QED) is 0.600. The van der Waals surface area contributed by atoms with Crippen molar-refractivity contribution in [2.24, 2.45) is 5.41 Å². The van der Waals surface area contributed by atoms with E-state index in [-0.39, 0.29) is 6.42 Å². The lowest BCUT2D eigenvalue weighted by Gasteiger charge is -2.17. The summed E-state index contributed by atoms with van der Waals surface area (Å²) in [5, 5.41) is 17.1. The van der Waals surface area contributed by atoms with Gasteiger partial charge in [0.25, 0.3) is 0 Å². The number of hydrogen-bond acceptors (Lipinski definition) is 2. The zero-order valence-corrected chi connectivity index (χ0v) is 6.63. The molecule has 0 aliphatic rings. The van der Waals surface area contributed by atoms with Crippen LogP contribution in [0.4, 0.5) is 0 Å². The van der Waals surface area contributed by atoms with E-state index in [0.717, 1.165) is 0 Å². The number of carboxylic acid groups (broad SMARTS) is 2. The second kappa shape index (κ2) is 3.37. The SMILES string of the molecule is CCCC(C)(C(=O)O)C(=O)O. The number of hydrogen-bond donors (Lipinski definition) is 2. The number of aliphatic carboxylic acids is 2. The maximum atomic E-state index is 10.5. The molecule has 0 radical (unpaired) electrons. The van der Waals surface area contributed by atoms with Gasteiger partial charge in [-0.05, 0) is 13.3 Å². The van der Waals surface area contributed by atoms with Crippen LogP contribution in [0.3, 0.4) is 0 Å². The Kier molecular flexibility index (Phi) is 3.04. The summed E-state index contributed by atoms with van der Waals surface area (Å²) in [6, 6.07) is 0. The molecule has 4 heteroatoms. The molecule has 0 unspecified atom stereocenters. The van der Waals surface area contributed by atoms with E-state index in [0.29, 0.717) is 6.42 Å². The molecule has 0 saturated heterocycles. The lowest BCUT2D eigenvalue weighted by Crippen LogP contribution is -2.36. The van der Waals surface area contributed by atoms with Crippen molar-refractivity contribution in [3.8, 4) is 0 Å². The Labute approximate surface area is 64.8 Å². The molecule has 0 amide bonds. The van der Waals surface area contributed by atoms with E-state index in [4.69, 9.17) is 10.2 Å². The number of carboxylic acids is 2. The van der Waals surface area contributed by atoms with Crippen molar-refractivity contribution in [3.63, 3.8) is 0 Å². The molecule has 0 aromatic carbocycles. The lowest BCUT2D eigenvalue weighted by molar-refractivity contribution is -0.163. The van der Waals surface area contributed by atoms with Crippen molar-refractivity contribution in [1.29, 1.82) is 0 Å². The molecule has 11 heavy (non-hydrogen) atoms. The number of carbonyl (C=O) groups is 2. The molecule has 0 heterocycles. The number of rotatable bonds is 4. The van der Waals surface area contributed by atoms with Crippen LogP contribution in [-0.4, -0.2) is 22.2 Å². The third-order valence-corrected chi connectivity index (χ3v) is 1.69. The molecule has 0 fully saturated rings. The minimum Gasteiger partial charge on any atom is -0.480 e.